The number of aromatic nitrogens is 1. The van der Waals surface area contributed by atoms with Crippen LogP contribution in [-0.4, -0.2) is 20.4 Å². The number of benzene rings is 1. The topological polar surface area (TPSA) is 62.0 Å². The Morgan fingerprint density at radius 2 is 2.12 bits per heavy atom. The Labute approximate surface area is 101 Å². The fourth-order valence-corrected chi connectivity index (χ4v) is 2.66. The van der Waals surface area contributed by atoms with E-state index in [1.54, 1.807) is 0 Å². The van der Waals surface area contributed by atoms with Gasteiger partial charge in [0, 0.05) is 17.1 Å². The van der Waals surface area contributed by atoms with Gasteiger partial charge in [-0.15, -0.1) is 0 Å². The molecule has 2 rings (SSSR count). The van der Waals surface area contributed by atoms with Crippen LogP contribution < -0.4 is 4.72 Å². The molecule has 0 aliphatic carbocycles. The number of H-pyrrole nitrogens is 1. The smallest absolute Gasteiger partial charge is 0.215 e. The molecule has 0 bridgehead atoms. The first-order chi connectivity index (χ1) is 8.05. The fourth-order valence-electron chi connectivity index (χ4n) is 1.90. The van der Waals surface area contributed by atoms with Crippen LogP contribution in [-0.2, 0) is 22.2 Å². The Bertz CT molecular complexity index is 629. The Hall–Kier alpha value is -1.33. The SMILES string of the molecule is CCc1c[nH]c2ccc(CS(=O)(=O)NC)cc12. The van der Waals surface area contributed by atoms with Gasteiger partial charge < -0.3 is 4.98 Å². The minimum atomic E-state index is -3.20. The van der Waals surface area contributed by atoms with Crippen LogP contribution in [0.3, 0.4) is 0 Å². The van der Waals surface area contributed by atoms with Crippen molar-refractivity contribution < 1.29 is 8.42 Å². The van der Waals surface area contributed by atoms with Crippen molar-refractivity contribution in [2.75, 3.05) is 7.05 Å². The molecule has 0 atom stereocenters. The number of sulfonamides is 1. The molecule has 1 heterocycles. The summed E-state index contributed by atoms with van der Waals surface area (Å²) >= 11 is 0. The Kier molecular flexibility index (Phi) is 3.22. The van der Waals surface area contributed by atoms with E-state index < -0.39 is 10.0 Å². The molecule has 0 radical (unpaired) electrons. The number of aryl methyl sites for hydroxylation is 1. The zero-order valence-corrected chi connectivity index (χ0v) is 10.8. The van der Waals surface area contributed by atoms with E-state index in [2.05, 4.69) is 16.6 Å². The van der Waals surface area contributed by atoms with Crippen molar-refractivity contribution in [2.24, 2.45) is 0 Å². The number of aromatic amines is 1. The molecule has 2 N–H and O–H groups in total. The highest BCUT2D eigenvalue weighted by atomic mass is 32.2. The maximum Gasteiger partial charge on any atom is 0.215 e. The van der Waals surface area contributed by atoms with Gasteiger partial charge in [-0.25, -0.2) is 13.1 Å². The van der Waals surface area contributed by atoms with Crippen LogP contribution in [0.4, 0.5) is 0 Å². The van der Waals surface area contributed by atoms with Crippen molar-refractivity contribution in [3.8, 4) is 0 Å². The van der Waals surface area contributed by atoms with E-state index >= 15 is 0 Å². The summed E-state index contributed by atoms with van der Waals surface area (Å²) in [5.74, 6) is 0.0216. The van der Waals surface area contributed by atoms with Crippen molar-refractivity contribution in [1.82, 2.24) is 9.71 Å². The Morgan fingerprint density at radius 3 is 2.76 bits per heavy atom. The van der Waals surface area contributed by atoms with E-state index in [-0.39, 0.29) is 5.75 Å². The molecule has 5 heteroatoms. The molecule has 2 aromatic rings. The number of nitrogens with one attached hydrogen (secondary N) is 2. The molecule has 4 nitrogen and oxygen atoms in total. The molecule has 1 aromatic heterocycles. The standard InChI is InChI=1S/C12H16N2O2S/c1-3-10-7-14-12-5-4-9(6-11(10)12)8-17(15,16)13-2/h4-7,13-14H,3,8H2,1-2H3. The van der Waals surface area contributed by atoms with E-state index in [1.165, 1.54) is 12.6 Å². The summed E-state index contributed by atoms with van der Waals surface area (Å²) in [6.45, 7) is 2.08. The summed E-state index contributed by atoms with van der Waals surface area (Å²) in [5.41, 5.74) is 3.07. The van der Waals surface area contributed by atoms with Crippen molar-refractivity contribution in [1.29, 1.82) is 0 Å². The molecule has 0 amide bonds. The lowest BCUT2D eigenvalue weighted by Crippen LogP contribution is -2.20. The van der Waals surface area contributed by atoms with Gasteiger partial charge in [-0.1, -0.05) is 13.0 Å². The fraction of sp³-hybridized carbons (Fsp3) is 0.333. The summed E-state index contributed by atoms with van der Waals surface area (Å²) in [7, 11) is -1.77. The monoisotopic (exact) mass is 252 g/mol. The van der Waals surface area contributed by atoms with Gasteiger partial charge in [-0.05, 0) is 36.7 Å². The quantitative estimate of drug-likeness (QED) is 0.871. The summed E-state index contributed by atoms with van der Waals surface area (Å²) in [4.78, 5) is 3.18. The summed E-state index contributed by atoms with van der Waals surface area (Å²) in [6, 6.07) is 5.71. The second kappa shape index (κ2) is 4.50. The van der Waals surface area contributed by atoms with Gasteiger partial charge in [0.1, 0.15) is 0 Å². The maximum absolute atomic E-state index is 11.5. The molecule has 0 aliphatic heterocycles. The van der Waals surface area contributed by atoms with Crippen molar-refractivity contribution in [2.45, 2.75) is 19.1 Å². The molecule has 92 valence electrons. The highest BCUT2D eigenvalue weighted by Crippen LogP contribution is 2.21. The average Bonchev–Trinajstić information content (AvgIpc) is 2.71. The first kappa shape index (κ1) is 12.1. The largest absolute Gasteiger partial charge is 0.361 e. The highest BCUT2D eigenvalue weighted by molar-refractivity contribution is 7.88. The third kappa shape index (κ3) is 2.50. The third-order valence-corrected chi connectivity index (χ3v) is 4.22. The molecule has 0 aliphatic rings. The maximum atomic E-state index is 11.5. The zero-order valence-electron chi connectivity index (χ0n) is 9.95. The number of hydrogen-bond donors (Lipinski definition) is 2. The number of rotatable bonds is 4. The van der Waals surface area contributed by atoms with E-state index in [1.807, 2.05) is 24.4 Å². The molecule has 17 heavy (non-hydrogen) atoms. The average molecular weight is 252 g/mol. The van der Waals surface area contributed by atoms with E-state index in [9.17, 15) is 8.42 Å². The van der Waals surface area contributed by atoms with Gasteiger partial charge in [0.2, 0.25) is 10.0 Å². The van der Waals surface area contributed by atoms with Gasteiger partial charge >= 0.3 is 0 Å². The first-order valence-corrected chi connectivity index (χ1v) is 7.21. The Balaban J connectivity index is 2.43. The molecule has 1 aromatic carbocycles. The second-order valence-electron chi connectivity index (χ2n) is 4.01. The van der Waals surface area contributed by atoms with Crippen molar-refractivity contribution in [3.05, 3.63) is 35.5 Å². The molecule has 0 fully saturated rings. The van der Waals surface area contributed by atoms with Crippen LogP contribution in [0, 0.1) is 0 Å². The van der Waals surface area contributed by atoms with Crippen LogP contribution in [0.2, 0.25) is 0 Å². The van der Waals surface area contributed by atoms with Crippen LogP contribution in [0.25, 0.3) is 10.9 Å². The minimum Gasteiger partial charge on any atom is -0.361 e. The van der Waals surface area contributed by atoms with E-state index in [4.69, 9.17) is 0 Å². The first-order valence-electron chi connectivity index (χ1n) is 5.56. The van der Waals surface area contributed by atoms with Gasteiger partial charge in [0.15, 0.2) is 0 Å². The van der Waals surface area contributed by atoms with Crippen LogP contribution >= 0.6 is 0 Å². The van der Waals surface area contributed by atoms with E-state index in [0.29, 0.717) is 0 Å². The third-order valence-electron chi connectivity index (χ3n) is 2.88. The lowest BCUT2D eigenvalue weighted by molar-refractivity contribution is 0.587. The van der Waals surface area contributed by atoms with Crippen molar-refractivity contribution >= 4 is 20.9 Å². The second-order valence-corrected chi connectivity index (χ2v) is 5.94. The lowest BCUT2D eigenvalue weighted by Gasteiger charge is -2.03. The normalized spacial score (nSPS) is 12.1. The van der Waals surface area contributed by atoms with Crippen molar-refractivity contribution in [3.63, 3.8) is 0 Å². The minimum absolute atomic E-state index is 0.0216. The van der Waals surface area contributed by atoms with Gasteiger partial charge in [-0.2, -0.15) is 0 Å². The van der Waals surface area contributed by atoms with Crippen LogP contribution in [0.1, 0.15) is 18.1 Å². The molecule has 0 unspecified atom stereocenters. The number of hydrogen-bond acceptors (Lipinski definition) is 2. The van der Waals surface area contributed by atoms with Crippen LogP contribution in [0.5, 0.6) is 0 Å². The molecule has 0 saturated carbocycles. The predicted molar refractivity (Wildman–Crippen MR) is 69.4 cm³/mol. The molecule has 0 spiro atoms. The van der Waals surface area contributed by atoms with E-state index in [0.717, 1.165) is 22.9 Å². The van der Waals surface area contributed by atoms with Crippen LogP contribution in [0.15, 0.2) is 24.4 Å². The summed E-state index contributed by atoms with van der Waals surface area (Å²) in [6.07, 6.45) is 2.91. The zero-order chi connectivity index (χ0) is 12.5. The summed E-state index contributed by atoms with van der Waals surface area (Å²) < 4.78 is 25.3. The summed E-state index contributed by atoms with van der Waals surface area (Å²) in [5, 5.41) is 1.11. The molecular weight excluding hydrogens is 236 g/mol. The molecule has 0 saturated heterocycles. The van der Waals surface area contributed by atoms with Gasteiger partial charge in [0.05, 0.1) is 5.75 Å². The van der Waals surface area contributed by atoms with Gasteiger partial charge in [0.25, 0.3) is 0 Å². The highest BCUT2D eigenvalue weighted by Gasteiger charge is 2.10. The molecular formula is C12H16N2O2S. The Morgan fingerprint density at radius 1 is 1.35 bits per heavy atom. The predicted octanol–water partition coefficient (Wildman–Crippen LogP) is 1.78. The van der Waals surface area contributed by atoms with Gasteiger partial charge in [-0.3, -0.25) is 0 Å². The number of fused-ring (bicyclic) bond motifs is 1. The lowest BCUT2D eigenvalue weighted by atomic mass is 10.1.